The topological polar surface area (TPSA) is 67.2 Å². The molecule has 3 rings (SSSR count). The minimum Gasteiger partial charge on any atom is -0.390 e. The van der Waals surface area contributed by atoms with Crippen molar-refractivity contribution in [2.24, 2.45) is 7.05 Å². The van der Waals surface area contributed by atoms with Gasteiger partial charge in [-0.15, -0.1) is 0 Å². The SMILES string of the molecule is CCC(O)(CC)Cc1ccc(NC(=O)/C=C/c2cnn(C)c2-c2ccc(F)cc2)cc1. The van der Waals surface area contributed by atoms with E-state index in [4.69, 9.17) is 0 Å². The fourth-order valence-electron chi connectivity index (χ4n) is 3.47. The first-order valence-electron chi connectivity index (χ1n) is 10.4. The number of benzene rings is 2. The summed E-state index contributed by atoms with van der Waals surface area (Å²) in [6.07, 6.45) is 6.78. The minimum absolute atomic E-state index is 0.264. The number of aryl methyl sites for hydroxylation is 1. The van der Waals surface area contributed by atoms with Gasteiger partial charge < -0.3 is 10.4 Å². The third-order valence-corrected chi connectivity index (χ3v) is 5.57. The Balaban J connectivity index is 1.67. The summed E-state index contributed by atoms with van der Waals surface area (Å²) < 4.78 is 14.9. The maximum absolute atomic E-state index is 13.2. The molecule has 31 heavy (non-hydrogen) atoms. The predicted octanol–water partition coefficient (Wildman–Crippen LogP) is 4.97. The predicted molar refractivity (Wildman–Crippen MR) is 122 cm³/mol. The number of amides is 1. The van der Waals surface area contributed by atoms with Crippen molar-refractivity contribution in [1.29, 1.82) is 0 Å². The van der Waals surface area contributed by atoms with Crippen LogP contribution in [0.5, 0.6) is 0 Å². The van der Waals surface area contributed by atoms with Crippen molar-refractivity contribution in [2.45, 2.75) is 38.7 Å². The molecular weight excluding hydrogens is 393 g/mol. The molecule has 0 aliphatic carbocycles. The maximum Gasteiger partial charge on any atom is 0.248 e. The number of hydrogen-bond donors (Lipinski definition) is 2. The summed E-state index contributed by atoms with van der Waals surface area (Å²) in [6.45, 7) is 3.96. The number of hydrogen-bond acceptors (Lipinski definition) is 3. The molecule has 0 aliphatic heterocycles. The Morgan fingerprint density at radius 1 is 1.13 bits per heavy atom. The molecule has 0 fully saturated rings. The van der Waals surface area contributed by atoms with Gasteiger partial charge in [0.2, 0.25) is 5.91 Å². The van der Waals surface area contributed by atoms with Gasteiger partial charge >= 0.3 is 0 Å². The molecule has 0 saturated heterocycles. The number of nitrogens with one attached hydrogen (secondary N) is 1. The van der Waals surface area contributed by atoms with Gasteiger partial charge in [-0.3, -0.25) is 9.48 Å². The third-order valence-electron chi connectivity index (χ3n) is 5.57. The van der Waals surface area contributed by atoms with Crippen LogP contribution in [-0.4, -0.2) is 26.4 Å². The molecule has 2 N–H and O–H groups in total. The van der Waals surface area contributed by atoms with E-state index in [0.717, 1.165) is 22.4 Å². The van der Waals surface area contributed by atoms with Crippen molar-refractivity contribution in [2.75, 3.05) is 5.32 Å². The van der Waals surface area contributed by atoms with E-state index < -0.39 is 5.60 Å². The van der Waals surface area contributed by atoms with Crippen LogP contribution in [0.1, 0.15) is 37.8 Å². The molecule has 1 amide bonds. The number of halogens is 1. The standard InChI is InChI=1S/C25H28FN3O2/c1-4-25(31,5-2)16-18-6-13-22(14-7-18)28-23(30)15-10-20-17-27-29(3)24(20)19-8-11-21(26)12-9-19/h6-15,17,31H,4-5,16H2,1-3H3,(H,28,30)/b15-10+. The highest BCUT2D eigenvalue weighted by atomic mass is 19.1. The molecular formula is C25H28FN3O2. The molecule has 6 heteroatoms. The van der Waals surface area contributed by atoms with E-state index in [0.29, 0.717) is 24.9 Å². The molecule has 0 aliphatic rings. The largest absolute Gasteiger partial charge is 0.390 e. The molecule has 0 saturated carbocycles. The first kappa shape index (κ1) is 22.4. The van der Waals surface area contributed by atoms with Crippen LogP contribution in [-0.2, 0) is 18.3 Å². The first-order valence-corrected chi connectivity index (χ1v) is 10.4. The van der Waals surface area contributed by atoms with Crippen LogP contribution in [0.2, 0.25) is 0 Å². The summed E-state index contributed by atoms with van der Waals surface area (Å²) >= 11 is 0. The number of carbonyl (C=O) groups excluding carboxylic acids is 1. The van der Waals surface area contributed by atoms with Gasteiger partial charge in [0, 0.05) is 36.4 Å². The maximum atomic E-state index is 13.2. The first-order chi connectivity index (χ1) is 14.8. The zero-order valence-corrected chi connectivity index (χ0v) is 18.1. The number of anilines is 1. The summed E-state index contributed by atoms with van der Waals surface area (Å²) in [6, 6.07) is 13.7. The van der Waals surface area contributed by atoms with E-state index in [-0.39, 0.29) is 11.7 Å². The van der Waals surface area contributed by atoms with E-state index >= 15 is 0 Å². The van der Waals surface area contributed by atoms with E-state index in [1.54, 1.807) is 36.1 Å². The van der Waals surface area contributed by atoms with Gasteiger partial charge in [-0.2, -0.15) is 5.10 Å². The Morgan fingerprint density at radius 2 is 1.77 bits per heavy atom. The number of rotatable bonds is 8. The van der Waals surface area contributed by atoms with Gasteiger partial charge in [0.1, 0.15) is 5.82 Å². The van der Waals surface area contributed by atoms with Gasteiger partial charge in [-0.25, -0.2) is 4.39 Å². The lowest BCUT2D eigenvalue weighted by molar-refractivity contribution is -0.111. The Kier molecular flexibility index (Phi) is 7.02. The van der Waals surface area contributed by atoms with Gasteiger partial charge in [-0.1, -0.05) is 26.0 Å². The van der Waals surface area contributed by atoms with Crippen LogP contribution in [0.15, 0.2) is 60.8 Å². The van der Waals surface area contributed by atoms with E-state index in [1.807, 2.05) is 38.1 Å². The highest BCUT2D eigenvalue weighted by Gasteiger charge is 2.22. The smallest absolute Gasteiger partial charge is 0.248 e. The zero-order chi connectivity index (χ0) is 22.4. The highest BCUT2D eigenvalue weighted by Crippen LogP contribution is 2.25. The summed E-state index contributed by atoms with van der Waals surface area (Å²) in [5.41, 5.74) is 3.39. The molecule has 0 spiro atoms. The van der Waals surface area contributed by atoms with Crippen LogP contribution in [0.3, 0.4) is 0 Å². The minimum atomic E-state index is -0.695. The molecule has 2 aromatic carbocycles. The monoisotopic (exact) mass is 421 g/mol. The number of aliphatic hydroxyl groups is 1. The second-order valence-corrected chi connectivity index (χ2v) is 7.71. The van der Waals surface area contributed by atoms with Crippen LogP contribution in [0.25, 0.3) is 17.3 Å². The lowest BCUT2D eigenvalue weighted by Gasteiger charge is -2.25. The van der Waals surface area contributed by atoms with Crippen molar-refractivity contribution >= 4 is 17.7 Å². The fraction of sp³-hybridized carbons (Fsp3) is 0.280. The Labute approximate surface area is 182 Å². The third kappa shape index (κ3) is 5.67. The molecule has 3 aromatic rings. The van der Waals surface area contributed by atoms with Crippen molar-refractivity contribution < 1.29 is 14.3 Å². The molecule has 0 radical (unpaired) electrons. The highest BCUT2D eigenvalue weighted by molar-refractivity contribution is 6.02. The Bertz CT molecular complexity index is 1050. The molecule has 0 bridgehead atoms. The molecule has 5 nitrogen and oxygen atoms in total. The Morgan fingerprint density at radius 3 is 2.39 bits per heavy atom. The van der Waals surface area contributed by atoms with Crippen LogP contribution >= 0.6 is 0 Å². The van der Waals surface area contributed by atoms with Gasteiger partial charge in [0.05, 0.1) is 17.5 Å². The van der Waals surface area contributed by atoms with Crippen LogP contribution in [0, 0.1) is 5.82 Å². The van der Waals surface area contributed by atoms with Gasteiger partial charge in [0.25, 0.3) is 0 Å². The van der Waals surface area contributed by atoms with Crippen molar-refractivity contribution in [1.82, 2.24) is 9.78 Å². The number of carbonyl (C=O) groups is 1. The van der Waals surface area contributed by atoms with Gasteiger partial charge in [-0.05, 0) is 60.9 Å². The zero-order valence-electron chi connectivity index (χ0n) is 18.1. The molecule has 1 heterocycles. The van der Waals surface area contributed by atoms with Crippen LogP contribution < -0.4 is 5.32 Å². The molecule has 162 valence electrons. The van der Waals surface area contributed by atoms with Crippen LogP contribution in [0.4, 0.5) is 10.1 Å². The van der Waals surface area contributed by atoms with Crippen molar-refractivity contribution in [3.05, 3.63) is 77.7 Å². The number of aromatic nitrogens is 2. The summed E-state index contributed by atoms with van der Waals surface area (Å²) in [7, 11) is 1.80. The summed E-state index contributed by atoms with van der Waals surface area (Å²) in [5.74, 6) is -0.567. The lowest BCUT2D eigenvalue weighted by atomic mass is 9.89. The number of nitrogens with zero attached hydrogens (tertiary/aromatic N) is 2. The average molecular weight is 422 g/mol. The fourth-order valence-corrected chi connectivity index (χ4v) is 3.47. The lowest BCUT2D eigenvalue weighted by Crippen LogP contribution is -2.29. The van der Waals surface area contributed by atoms with Gasteiger partial charge in [0.15, 0.2) is 0 Å². The summed E-state index contributed by atoms with van der Waals surface area (Å²) in [5, 5.41) is 17.6. The summed E-state index contributed by atoms with van der Waals surface area (Å²) in [4.78, 5) is 12.4. The normalized spacial score (nSPS) is 11.8. The van der Waals surface area contributed by atoms with E-state index in [2.05, 4.69) is 10.4 Å². The molecule has 1 aromatic heterocycles. The quantitative estimate of drug-likeness (QED) is 0.505. The second kappa shape index (κ2) is 9.71. The molecule has 0 unspecified atom stereocenters. The van der Waals surface area contributed by atoms with Crippen molar-refractivity contribution in [3.8, 4) is 11.3 Å². The average Bonchev–Trinajstić information content (AvgIpc) is 3.14. The van der Waals surface area contributed by atoms with E-state index in [1.165, 1.54) is 18.2 Å². The Hall–Kier alpha value is -3.25. The molecule has 0 atom stereocenters. The second-order valence-electron chi connectivity index (χ2n) is 7.71. The van der Waals surface area contributed by atoms with E-state index in [9.17, 15) is 14.3 Å². The van der Waals surface area contributed by atoms with Crippen molar-refractivity contribution in [3.63, 3.8) is 0 Å².